The first-order valence-electron chi connectivity index (χ1n) is 7.36. The van der Waals surface area contributed by atoms with Crippen molar-refractivity contribution in [1.29, 1.82) is 0 Å². The number of nitrogens with one attached hydrogen (secondary N) is 2. The number of hydrogen-bond acceptors (Lipinski definition) is 5. The first-order valence-corrected chi connectivity index (χ1v) is 8.68. The van der Waals surface area contributed by atoms with Crippen LogP contribution in [-0.2, 0) is 16.6 Å². The predicted octanol–water partition coefficient (Wildman–Crippen LogP) is 2.46. The zero-order valence-corrected chi connectivity index (χ0v) is 14.0. The van der Waals surface area contributed by atoms with Gasteiger partial charge < -0.3 is 14.7 Å². The van der Waals surface area contributed by atoms with Crippen LogP contribution in [0.2, 0.25) is 0 Å². The molecular weight excluding hydrogens is 326 g/mol. The number of aromatic nitrogens is 5. The highest BCUT2D eigenvalue weighted by atomic mass is 32.2. The molecule has 8 heteroatoms. The Bertz CT molecular complexity index is 1070. The number of H-pyrrole nitrogens is 2. The van der Waals surface area contributed by atoms with Crippen LogP contribution >= 0.6 is 0 Å². The predicted molar refractivity (Wildman–Crippen MR) is 91.4 cm³/mol. The standard InChI is InChI=1S/C16H15N5O2S/c1-9-12(17-6-5-13(9)23-2)7-24(22)16-20-11-4-3-10-14(15(11)21-16)19-8-18-10/h3-6,8H,7H2,1-2H3,(H,18,19)(H,20,21). The lowest BCUT2D eigenvalue weighted by molar-refractivity contribution is 0.410. The molecule has 0 amide bonds. The molecule has 122 valence electrons. The Morgan fingerprint density at radius 2 is 2.00 bits per heavy atom. The maximum atomic E-state index is 12.7. The average molecular weight is 341 g/mol. The molecule has 2 N–H and O–H groups in total. The topological polar surface area (TPSA) is 96.6 Å². The monoisotopic (exact) mass is 341 g/mol. The third-order valence-electron chi connectivity index (χ3n) is 3.98. The molecule has 7 nitrogen and oxygen atoms in total. The van der Waals surface area contributed by atoms with E-state index in [1.165, 1.54) is 0 Å². The molecule has 0 radical (unpaired) electrons. The Morgan fingerprint density at radius 3 is 2.83 bits per heavy atom. The molecule has 3 aromatic heterocycles. The van der Waals surface area contributed by atoms with Gasteiger partial charge in [-0.1, -0.05) is 0 Å². The van der Waals surface area contributed by atoms with Crippen LogP contribution in [-0.4, -0.2) is 36.2 Å². The van der Waals surface area contributed by atoms with Crippen molar-refractivity contribution in [2.75, 3.05) is 7.11 Å². The van der Waals surface area contributed by atoms with Gasteiger partial charge in [0.2, 0.25) is 0 Å². The molecule has 0 saturated heterocycles. The van der Waals surface area contributed by atoms with Gasteiger partial charge in [0, 0.05) is 11.8 Å². The zero-order chi connectivity index (χ0) is 16.7. The molecule has 4 rings (SSSR count). The zero-order valence-electron chi connectivity index (χ0n) is 13.2. The highest BCUT2D eigenvalue weighted by Gasteiger charge is 2.16. The van der Waals surface area contributed by atoms with E-state index in [4.69, 9.17) is 4.74 Å². The Kier molecular flexibility index (Phi) is 3.53. The van der Waals surface area contributed by atoms with Gasteiger partial charge in [0.1, 0.15) is 16.8 Å². The number of nitrogens with zero attached hydrogens (tertiary/aromatic N) is 3. The van der Waals surface area contributed by atoms with Crippen molar-refractivity contribution in [2.45, 2.75) is 17.8 Å². The van der Waals surface area contributed by atoms with E-state index in [1.807, 2.05) is 19.1 Å². The first-order chi connectivity index (χ1) is 11.7. The van der Waals surface area contributed by atoms with E-state index in [1.54, 1.807) is 25.7 Å². The number of hydrogen-bond donors (Lipinski definition) is 2. The Morgan fingerprint density at radius 1 is 1.17 bits per heavy atom. The fourth-order valence-electron chi connectivity index (χ4n) is 2.68. The summed E-state index contributed by atoms with van der Waals surface area (Å²) >= 11 is 0. The molecule has 0 bridgehead atoms. The molecule has 1 aromatic carbocycles. The third kappa shape index (κ3) is 2.35. The molecule has 3 heterocycles. The van der Waals surface area contributed by atoms with Gasteiger partial charge >= 0.3 is 0 Å². The summed E-state index contributed by atoms with van der Waals surface area (Å²) in [6.07, 6.45) is 3.28. The number of ether oxygens (including phenoxy) is 1. The quantitative estimate of drug-likeness (QED) is 0.594. The second kappa shape index (κ2) is 5.72. The fraction of sp³-hybridized carbons (Fsp3) is 0.188. The van der Waals surface area contributed by atoms with Crippen LogP contribution in [0, 0.1) is 6.92 Å². The molecular formula is C16H15N5O2S. The van der Waals surface area contributed by atoms with Crippen molar-refractivity contribution >= 4 is 32.9 Å². The summed E-state index contributed by atoms with van der Waals surface area (Å²) in [6, 6.07) is 5.61. The maximum absolute atomic E-state index is 12.7. The first kappa shape index (κ1) is 14.8. The summed E-state index contributed by atoms with van der Waals surface area (Å²) in [7, 11) is 0.268. The van der Waals surface area contributed by atoms with Gasteiger partial charge in [-0.05, 0) is 25.1 Å². The smallest absolute Gasteiger partial charge is 0.197 e. The van der Waals surface area contributed by atoms with Crippen molar-refractivity contribution in [2.24, 2.45) is 0 Å². The van der Waals surface area contributed by atoms with Gasteiger partial charge in [0.15, 0.2) is 5.16 Å². The van der Waals surface area contributed by atoms with E-state index in [0.717, 1.165) is 33.6 Å². The van der Waals surface area contributed by atoms with Crippen LogP contribution in [0.1, 0.15) is 11.3 Å². The van der Waals surface area contributed by atoms with E-state index in [0.29, 0.717) is 10.7 Å². The molecule has 0 aliphatic heterocycles. The summed E-state index contributed by atoms with van der Waals surface area (Å²) in [5, 5.41) is 0.421. The molecule has 1 atom stereocenters. The highest BCUT2D eigenvalue weighted by molar-refractivity contribution is 7.84. The van der Waals surface area contributed by atoms with Gasteiger partial charge in [-0.2, -0.15) is 0 Å². The lowest BCUT2D eigenvalue weighted by Gasteiger charge is -2.08. The second-order valence-corrected chi connectivity index (χ2v) is 6.74. The van der Waals surface area contributed by atoms with Crippen LogP contribution in [0.3, 0.4) is 0 Å². The van der Waals surface area contributed by atoms with Crippen molar-refractivity contribution < 1.29 is 8.95 Å². The number of imidazole rings is 2. The number of aromatic amines is 2. The van der Waals surface area contributed by atoms with Crippen LogP contribution in [0.25, 0.3) is 22.1 Å². The van der Waals surface area contributed by atoms with E-state index in [2.05, 4.69) is 24.9 Å². The van der Waals surface area contributed by atoms with Gasteiger partial charge in [0.05, 0.1) is 46.7 Å². The second-order valence-electron chi connectivity index (χ2n) is 5.38. The summed E-state index contributed by atoms with van der Waals surface area (Å²) < 4.78 is 18.0. The lowest BCUT2D eigenvalue weighted by Crippen LogP contribution is -2.03. The van der Waals surface area contributed by atoms with Crippen LogP contribution < -0.4 is 4.74 Å². The molecule has 0 spiro atoms. The lowest BCUT2D eigenvalue weighted by atomic mass is 10.2. The Labute approximate surface area is 140 Å². The van der Waals surface area contributed by atoms with Crippen molar-refractivity contribution in [3.63, 3.8) is 0 Å². The Balaban J connectivity index is 1.71. The minimum absolute atomic E-state index is 0.270. The van der Waals surface area contributed by atoms with E-state index in [9.17, 15) is 4.21 Å². The SMILES string of the molecule is COc1ccnc(CS(=O)c2nc3c(ccc4[nH]cnc43)[nH]2)c1C. The molecule has 0 saturated carbocycles. The maximum Gasteiger partial charge on any atom is 0.197 e. The number of benzene rings is 1. The van der Waals surface area contributed by atoms with Gasteiger partial charge in [0.25, 0.3) is 0 Å². The third-order valence-corrected chi connectivity index (χ3v) is 5.14. The largest absolute Gasteiger partial charge is 0.496 e. The normalized spacial score (nSPS) is 12.8. The molecule has 0 aliphatic rings. The fourth-order valence-corrected chi connectivity index (χ4v) is 3.77. The average Bonchev–Trinajstić information content (AvgIpc) is 3.22. The molecule has 24 heavy (non-hydrogen) atoms. The van der Waals surface area contributed by atoms with Crippen molar-refractivity contribution in [3.8, 4) is 5.75 Å². The molecule has 4 aromatic rings. The van der Waals surface area contributed by atoms with Crippen LogP contribution in [0.4, 0.5) is 0 Å². The van der Waals surface area contributed by atoms with Crippen LogP contribution in [0.15, 0.2) is 35.9 Å². The van der Waals surface area contributed by atoms with Crippen LogP contribution in [0.5, 0.6) is 5.75 Å². The number of rotatable bonds is 4. The molecule has 0 aliphatic carbocycles. The molecule has 1 unspecified atom stereocenters. The highest BCUT2D eigenvalue weighted by Crippen LogP contribution is 2.24. The number of pyridine rings is 1. The minimum atomic E-state index is -1.34. The van der Waals surface area contributed by atoms with Crippen molar-refractivity contribution in [1.82, 2.24) is 24.9 Å². The summed E-state index contributed by atoms with van der Waals surface area (Å²) in [5.74, 6) is 1.01. The Hall–Kier alpha value is -2.74. The van der Waals surface area contributed by atoms with Gasteiger partial charge in [-0.15, -0.1) is 0 Å². The van der Waals surface area contributed by atoms with Gasteiger partial charge in [-0.25, -0.2) is 9.97 Å². The number of methoxy groups -OCH3 is 1. The van der Waals surface area contributed by atoms with Gasteiger partial charge in [-0.3, -0.25) is 9.19 Å². The van der Waals surface area contributed by atoms with E-state index in [-0.39, 0.29) is 5.75 Å². The van der Waals surface area contributed by atoms with E-state index < -0.39 is 10.8 Å². The van der Waals surface area contributed by atoms with E-state index >= 15 is 0 Å². The van der Waals surface area contributed by atoms with Crippen molar-refractivity contribution in [3.05, 3.63) is 42.0 Å². The summed E-state index contributed by atoms with van der Waals surface area (Å²) in [6.45, 7) is 1.91. The molecule has 0 fully saturated rings. The number of fused-ring (bicyclic) bond motifs is 3. The summed E-state index contributed by atoms with van der Waals surface area (Å²) in [4.78, 5) is 19.2. The summed E-state index contributed by atoms with van der Waals surface area (Å²) in [5.41, 5.74) is 4.82. The minimum Gasteiger partial charge on any atom is -0.496 e.